The highest BCUT2D eigenvalue weighted by Gasteiger charge is 2.32. The van der Waals surface area contributed by atoms with Crippen LogP contribution in [0.2, 0.25) is 0 Å². The molecule has 0 N–H and O–H groups in total. The Hall–Kier alpha value is -0.260. The zero-order chi connectivity index (χ0) is 12.1. The van der Waals surface area contributed by atoms with Crippen LogP contribution in [-0.4, -0.2) is 0 Å². The van der Waals surface area contributed by atoms with E-state index in [0.29, 0.717) is 0 Å². The van der Waals surface area contributed by atoms with Crippen molar-refractivity contribution in [3.8, 4) is 0 Å². The summed E-state index contributed by atoms with van der Waals surface area (Å²) in [6, 6.07) is 0. The van der Waals surface area contributed by atoms with Crippen LogP contribution in [0.5, 0.6) is 0 Å². The van der Waals surface area contributed by atoms with Gasteiger partial charge < -0.3 is 0 Å². The molecule has 0 spiro atoms. The Kier molecular flexibility index (Phi) is 5.13. The van der Waals surface area contributed by atoms with Crippen molar-refractivity contribution in [1.29, 1.82) is 0 Å². The fraction of sp³-hybridized carbons (Fsp3) is 0.882. The van der Waals surface area contributed by atoms with Gasteiger partial charge in [-0.15, -0.1) is 0 Å². The lowest BCUT2D eigenvalue weighted by molar-refractivity contribution is 0.219. The van der Waals surface area contributed by atoms with Crippen LogP contribution < -0.4 is 0 Å². The van der Waals surface area contributed by atoms with Gasteiger partial charge in [0.25, 0.3) is 0 Å². The zero-order valence-electron chi connectivity index (χ0n) is 11.9. The second-order valence-electron chi connectivity index (χ2n) is 5.98. The zero-order valence-corrected chi connectivity index (χ0v) is 11.9. The van der Waals surface area contributed by atoms with E-state index >= 15 is 0 Å². The van der Waals surface area contributed by atoms with Crippen molar-refractivity contribution in [3.63, 3.8) is 0 Å². The molecule has 0 saturated heterocycles. The van der Waals surface area contributed by atoms with E-state index in [2.05, 4.69) is 6.08 Å². The van der Waals surface area contributed by atoms with Crippen LogP contribution in [0.4, 0.5) is 0 Å². The molecule has 17 heavy (non-hydrogen) atoms. The number of rotatable bonds is 0. The predicted molar refractivity (Wildman–Crippen MR) is 76.1 cm³/mol. The highest BCUT2D eigenvalue weighted by atomic mass is 14.4. The summed E-state index contributed by atoms with van der Waals surface area (Å²) in [4.78, 5) is 0. The molecule has 0 aromatic carbocycles. The molecule has 0 aromatic heterocycles. The molecule has 2 fully saturated rings. The van der Waals surface area contributed by atoms with E-state index in [0.717, 1.165) is 17.8 Å². The summed E-state index contributed by atoms with van der Waals surface area (Å²) in [5, 5.41) is 0. The Morgan fingerprint density at radius 3 is 2.53 bits per heavy atom. The summed E-state index contributed by atoms with van der Waals surface area (Å²) in [5.41, 5.74) is 1.87. The van der Waals surface area contributed by atoms with Crippen LogP contribution >= 0.6 is 0 Å². The lowest BCUT2D eigenvalue weighted by atomic mass is 9.67. The number of allylic oxidation sites excluding steroid dienone is 2. The van der Waals surface area contributed by atoms with Gasteiger partial charge in [-0.1, -0.05) is 51.2 Å². The molecule has 3 atom stereocenters. The van der Waals surface area contributed by atoms with Crippen LogP contribution in [0.1, 0.15) is 78.1 Å². The molecule has 0 bridgehead atoms. The van der Waals surface area contributed by atoms with Gasteiger partial charge >= 0.3 is 0 Å². The van der Waals surface area contributed by atoms with Gasteiger partial charge in [0.2, 0.25) is 0 Å². The van der Waals surface area contributed by atoms with Gasteiger partial charge in [0, 0.05) is 0 Å². The van der Waals surface area contributed by atoms with E-state index in [9.17, 15) is 0 Å². The molecule has 3 unspecified atom stereocenters. The Morgan fingerprint density at radius 2 is 1.65 bits per heavy atom. The molecule has 3 aliphatic rings. The Labute approximate surface area is 108 Å². The average Bonchev–Trinajstić information content (AvgIpc) is 2.63. The Bertz CT molecular complexity index is 251. The van der Waals surface area contributed by atoms with Gasteiger partial charge in [0.05, 0.1) is 0 Å². The van der Waals surface area contributed by atoms with Crippen LogP contribution in [0, 0.1) is 17.8 Å². The van der Waals surface area contributed by atoms with Crippen molar-refractivity contribution >= 4 is 0 Å². The van der Waals surface area contributed by atoms with Gasteiger partial charge in [0.15, 0.2) is 0 Å². The molecule has 0 nitrogen and oxygen atoms in total. The van der Waals surface area contributed by atoms with Crippen molar-refractivity contribution in [3.05, 3.63) is 11.6 Å². The molecule has 3 aliphatic carbocycles. The number of hydrogen-bond donors (Lipinski definition) is 0. The summed E-state index contributed by atoms with van der Waals surface area (Å²) >= 11 is 0. The van der Waals surface area contributed by atoms with Crippen molar-refractivity contribution in [1.82, 2.24) is 0 Å². The van der Waals surface area contributed by atoms with E-state index in [1.54, 1.807) is 6.42 Å². The fourth-order valence-electron chi connectivity index (χ4n) is 4.16. The third kappa shape index (κ3) is 3.14. The van der Waals surface area contributed by atoms with Crippen LogP contribution in [0.25, 0.3) is 0 Å². The summed E-state index contributed by atoms with van der Waals surface area (Å²) in [7, 11) is 0. The molecule has 0 amide bonds. The molecule has 0 radical (unpaired) electrons. The highest BCUT2D eigenvalue weighted by molar-refractivity contribution is 5.15. The molecule has 0 heterocycles. The van der Waals surface area contributed by atoms with Gasteiger partial charge in [-0.2, -0.15) is 0 Å². The van der Waals surface area contributed by atoms with Crippen LogP contribution in [-0.2, 0) is 0 Å². The molecule has 0 heteroatoms. The molecule has 98 valence electrons. The van der Waals surface area contributed by atoms with Crippen LogP contribution in [0.15, 0.2) is 11.6 Å². The van der Waals surface area contributed by atoms with Gasteiger partial charge in [-0.05, 0) is 56.3 Å². The molecular formula is C17H30. The molecule has 3 rings (SSSR count). The minimum atomic E-state index is 0.989. The van der Waals surface area contributed by atoms with Crippen LogP contribution in [0.3, 0.4) is 0 Å². The fourth-order valence-corrected chi connectivity index (χ4v) is 4.16. The molecule has 0 aliphatic heterocycles. The SMILES string of the molecule is C1=C2CCCCCC2CC2CCCCC12.CC. The standard InChI is InChI=1S/C15H24.C2H6/c1-2-6-12-10-14-8-4-5-9-15(14)11-13(12)7-3-1;1-2/h10,13-15H,1-9,11H2;1-2H3. The first-order valence-electron chi connectivity index (χ1n) is 8.14. The van der Waals surface area contributed by atoms with E-state index in [1.807, 2.05) is 19.4 Å². The smallest absolute Gasteiger partial charge is 0.0200 e. The van der Waals surface area contributed by atoms with Crippen molar-refractivity contribution in [2.75, 3.05) is 0 Å². The molecule has 0 aromatic rings. The maximum atomic E-state index is 2.73. The average molecular weight is 234 g/mol. The molecular weight excluding hydrogens is 204 g/mol. The second-order valence-corrected chi connectivity index (χ2v) is 5.98. The third-order valence-electron chi connectivity index (χ3n) is 5.03. The van der Waals surface area contributed by atoms with E-state index in [4.69, 9.17) is 0 Å². The maximum Gasteiger partial charge on any atom is -0.0200 e. The topological polar surface area (TPSA) is 0 Å². The number of fused-ring (bicyclic) bond motifs is 2. The minimum absolute atomic E-state index is 0.989. The van der Waals surface area contributed by atoms with Gasteiger partial charge in [-0.3, -0.25) is 0 Å². The minimum Gasteiger partial charge on any atom is -0.0817 e. The number of hydrogen-bond acceptors (Lipinski definition) is 0. The predicted octanol–water partition coefficient (Wildman–Crippen LogP) is 5.73. The van der Waals surface area contributed by atoms with E-state index in [-0.39, 0.29) is 0 Å². The highest BCUT2D eigenvalue weighted by Crippen LogP contribution is 2.45. The van der Waals surface area contributed by atoms with Gasteiger partial charge in [0.1, 0.15) is 0 Å². The first-order chi connectivity index (χ1) is 8.43. The quantitative estimate of drug-likeness (QED) is 0.470. The van der Waals surface area contributed by atoms with Gasteiger partial charge in [-0.25, -0.2) is 0 Å². The monoisotopic (exact) mass is 234 g/mol. The molecule has 2 saturated carbocycles. The van der Waals surface area contributed by atoms with Crippen molar-refractivity contribution in [2.45, 2.75) is 78.1 Å². The van der Waals surface area contributed by atoms with Crippen molar-refractivity contribution < 1.29 is 0 Å². The normalized spacial score (nSPS) is 36.6. The van der Waals surface area contributed by atoms with Crippen molar-refractivity contribution in [2.24, 2.45) is 17.8 Å². The van der Waals surface area contributed by atoms with E-state index in [1.165, 1.54) is 57.8 Å². The van der Waals surface area contributed by atoms with E-state index < -0.39 is 0 Å². The first-order valence-corrected chi connectivity index (χ1v) is 8.14. The maximum absolute atomic E-state index is 2.73. The Morgan fingerprint density at radius 1 is 0.882 bits per heavy atom. The first kappa shape index (κ1) is 13.2. The second kappa shape index (κ2) is 6.61. The Balaban J connectivity index is 0.000000514. The summed E-state index contributed by atoms with van der Waals surface area (Å²) in [6.07, 6.45) is 17.7. The lowest BCUT2D eigenvalue weighted by Crippen LogP contribution is -2.26. The largest absolute Gasteiger partial charge is 0.0817 e. The summed E-state index contributed by atoms with van der Waals surface area (Å²) < 4.78 is 0. The summed E-state index contributed by atoms with van der Waals surface area (Å²) in [5.74, 6) is 3.07. The summed E-state index contributed by atoms with van der Waals surface area (Å²) in [6.45, 7) is 4.00. The third-order valence-corrected chi connectivity index (χ3v) is 5.03. The lowest BCUT2D eigenvalue weighted by Gasteiger charge is -2.38.